The normalized spacial score (nSPS) is 16.1. The van der Waals surface area contributed by atoms with Crippen molar-refractivity contribution in [3.8, 4) is 5.75 Å². The Morgan fingerprint density at radius 2 is 1.28 bits per heavy atom. The van der Waals surface area contributed by atoms with E-state index in [1.165, 1.54) is 12.1 Å². The highest BCUT2D eigenvalue weighted by molar-refractivity contribution is 5.95. The predicted octanol–water partition coefficient (Wildman–Crippen LogP) is 3.07. The highest BCUT2D eigenvalue weighted by Crippen LogP contribution is 2.35. The van der Waals surface area contributed by atoms with Gasteiger partial charge in [-0.3, -0.25) is 24.0 Å². The number of aliphatic carboxylic acids is 1. The number of amides is 4. The van der Waals surface area contributed by atoms with Gasteiger partial charge in [-0.05, 0) is 53.6 Å². The third-order valence-corrected chi connectivity index (χ3v) is 9.40. The van der Waals surface area contributed by atoms with Crippen LogP contribution in [0.3, 0.4) is 0 Å². The minimum atomic E-state index is -1.39. The van der Waals surface area contributed by atoms with Crippen molar-refractivity contribution in [3.05, 3.63) is 95.6 Å². The summed E-state index contributed by atoms with van der Waals surface area (Å²) in [6.07, 6.45) is 0.414. The highest BCUT2D eigenvalue weighted by atomic mass is 16.4. The van der Waals surface area contributed by atoms with E-state index in [-0.39, 0.29) is 42.8 Å². The second-order valence-electron chi connectivity index (χ2n) is 13.9. The van der Waals surface area contributed by atoms with Crippen LogP contribution in [0.2, 0.25) is 0 Å². The fourth-order valence-corrected chi connectivity index (χ4v) is 6.26. The molecule has 0 aromatic heterocycles. The lowest BCUT2D eigenvalue weighted by Crippen LogP contribution is -2.58. The number of rotatable bonds is 19. The van der Waals surface area contributed by atoms with Crippen molar-refractivity contribution in [1.29, 1.82) is 0 Å². The van der Waals surface area contributed by atoms with E-state index in [2.05, 4.69) is 26.6 Å². The Bertz CT molecular complexity index is 1730. The number of anilines is 1. The maximum atomic E-state index is 14.0. The van der Waals surface area contributed by atoms with Gasteiger partial charge in [0.25, 0.3) is 0 Å². The molecular formula is C40H49N5O8. The Balaban J connectivity index is 1.54. The number of carbonyl (C=O) groups excluding carboxylic acids is 5. The Morgan fingerprint density at radius 3 is 1.91 bits per heavy atom. The maximum Gasteiger partial charge on any atom is 0.303 e. The molecule has 13 heteroatoms. The van der Waals surface area contributed by atoms with Crippen LogP contribution in [0, 0.1) is 11.8 Å². The first-order valence-electron chi connectivity index (χ1n) is 17.9. The third-order valence-electron chi connectivity index (χ3n) is 9.40. The molecule has 0 fully saturated rings. The lowest BCUT2D eigenvalue weighted by atomic mass is 9.90. The van der Waals surface area contributed by atoms with Gasteiger partial charge in [-0.15, -0.1) is 0 Å². The minimum Gasteiger partial charge on any atom is -0.508 e. The third kappa shape index (κ3) is 11.9. The number of nitrogens with one attached hydrogen (secondary N) is 5. The first kappa shape index (κ1) is 40.1. The lowest BCUT2D eigenvalue weighted by Gasteiger charge is -2.27. The summed E-state index contributed by atoms with van der Waals surface area (Å²) in [6, 6.07) is 18.4. The van der Waals surface area contributed by atoms with Crippen LogP contribution in [0.25, 0.3) is 0 Å². The van der Waals surface area contributed by atoms with Crippen molar-refractivity contribution < 1.29 is 39.0 Å². The molecule has 13 nitrogen and oxygen atoms in total. The number of carbonyl (C=O) groups is 6. The van der Waals surface area contributed by atoms with Crippen LogP contribution in [0.1, 0.15) is 62.6 Å². The van der Waals surface area contributed by atoms with Gasteiger partial charge >= 0.3 is 5.97 Å². The molecule has 6 unspecified atom stereocenters. The van der Waals surface area contributed by atoms with Gasteiger partial charge in [0.1, 0.15) is 30.2 Å². The van der Waals surface area contributed by atoms with Crippen LogP contribution in [0.15, 0.2) is 78.9 Å². The van der Waals surface area contributed by atoms with Gasteiger partial charge in [0.05, 0.1) is 6.04 Å². The van der Waals surface area contributed by atoms with Crippen molar-refractivity contribution >= 4 is 41.6 Å². The summed E-state index contributed by atoms with van der Waals surface area (Å²) in [5, 5.41) is 33.5. The number of hydrogen-bond acceptors (Lipinski definition) is 8. The van der Waals surface area contributed by atoms with Crippen LogP contribution in [-0.4, -0.2) is 76.8 Å². The summed E-state index contributed by atoms with van der Waals surface area (Å²) in [7, 11) is 0. The number of para-hydroxylation sites is 1. The molecule has 282 valence electrons. The van der Waals surface area contributed by atoms with Crippen molar-refractivity contribution in [2.24, 2.45) is 11.8 Å². The van der Waals surface area contributed by atoms with Gasteiger partial charge in [0.2, 0.25) is 23.6 Å². The van der Waals surface area contributed by atoms with Crippen LogP contribution in [0.4, 0.5) is 5.69 Å². The standard InChI is InChI=1S/C40H49N5O8/c1-24(2)35(23-46)45-40(53)34(20-26-9-5-4-6-10-26)44-38(51)32(17-18-36(48)49)42-39(52)33(21-27-13-15-29(47)16-14-27)43-37(50)25(3)19-28-22-41-31-12-8-7-11-30(28)31/h4-16,23-25,28,32-35,41,47H,17-22H2,1-3H3,(H,42,52)(H,43,50)(H,44,51)(H,45,53)(H,48,49). The summed E-state index contributed by atoms with van der Waals surface area (Å²) >= 11 is 0. The molecule has 3 aromatic carbocycles. The van der Waals surface area contributed by atoms with E-state index < -0.39 is 60.2 Å². The molecule has 0 spiro atoms. The Morgan fingerprint density at radius 1 is 0.736 bits per heavy atom. The Kier molecular flexibility index (Phi) is 14.5. The molecule has 3 aromatic rings. The van der Waals surface area contributed by atoms with Crippen LogP contribution >= 0.6 is 0 Å². The van der Waals surface area contributed by atoms with Gasteiger partial charge in [-0.25, -0.2) is 0 Å². The smallest absolute Gasteiger partial charge is 0.303 e. The molecule has 7 N–H and O–H groups in total. The van der Waals surface area contributed by atoms with Crippen molar-refractivity contribution in [2.75, 3.05) is 11.9 Å². The molecule has 0 saturated carbocycles. The van der Waals surface area contributed by atoms with Gasteiger partial charge in [0, 0.05) is 43.3 Å². The molecular weight excluding hydrogens is 678 g/mol. The molecule has 1 heterocycles. The number of aromatic hydroxyl groups is 1. The molecule has 6 atom stereocenters. The number of carboxylic acid groups (broad SMARTS) is 1. The quantitative estimate of drug-likeness (QED) is 0.0906. The molecule has 0 aliphatic carbocycles. The van der Waals surface area contributed by atoms with E-state index in [0.29, 0.717) is 30.4 Å². The number of hydrogen-bond donors (Lipinski definition) is 7. The summed E-state index contributed by atoms with van der Waals surface area (Å²) in [6.45, 7) is 5.98. The van der Waals surface area contributed by atoms with Crippen LogP contribution in [0.5, 0.6) is 5.75 Å². The average molecular weight is 728 g/mol. The van der Waals surface area contributed by atoms with Crippen molar-refractivity contribution in [3.63, 3.8) is 0 Å². The van der Waals surface area contributed by atoms with Crippen molar-refractivity contribution in [2.45, 2.75) is 83.0 Å². The number of phenols is 1. The molecule has 53 heavy (non-hydrogen) atoms. The van der Waals surface area contributed by atoms with Gasteiger partial charge in [-0.2, -0.15) is 0 Å². The number of aldehydes is 1. The van der Waals surface area contributed by atoms with E-state index in [4.69, 9.17) is 0 Å². The second-order valence-corrected chi connectivity index (χ2v) is 13.9. The number of benzene rings is 3. The zero-order valence-corrected chi connectivity index (χ0v) is 30.2. The zero-order chi connectivity index (χ0) is 38.5. The first-order valence-corrected chi connectivity index (χ1v) is 17.9. The molecule has 0 radical (unpaired) electrons. The summed E-state index contributed by atoms with van der Waals surface area (Å²) in [5.41, 5.74) is 3.47. The minimum absolute atomic E-state index is 0.00693. The highest BCUT2D eigenvalue weighted by Gasteiger charge is 2.33. The van der Waals surface area contributed by atoms with Gasteiger partial charge in [0.15, 0.2) is 0 Å². The SMILES string of the molecule is CC(CC1CNc2ccccc21)C(=O)NC(Cc1ccc(O)cc1)C(=O)NC(CCC(=O)O)C(=O)NC(Cc1ccccc1)C(=O)NC(C=O)C(C)C. The Hall–Kier alpha value is -5.72. The van der Waals surface area contributed by atoms with E-state index in [0.717, 1.165) is 11.3 Å². The van der Waals surface area contributed by atoms with Gasteiger partial charge < -0.3 is 41.6 Å². The van der Waals surface area contributed by atoms with E-state index in [9.17, 15) is 39.0 Å². The zero-order valence-electron chi connectivity index (χ0n) is 30.2. The molecule has 4 amide bonds. The summed E-state index contributed by atoms with van der Waals surface area (Å²) < 4.78 is 0. The maximum absolute atomic E-state index is 14.0. The Labute approximate surface area is 309 Å². The summed E-state index contributed by atoms with van der Waals surface area (Å²) in [5.74, 6) is -4.35. The monoisotopic (exact) mass is 727 g/mol. The average Bonchev–Trinajstić information content (AvgIpc) is 3.54. The largest absolute Gasteiger partial charge is 0.508 e. The predicted molar refractivity (Wildman–Crippen MR) is 199 cm³/mol. The summed E-state index contributed by atoms with van der Waals surface area (Å²) in [4.78, 5) is 78.2. The molecule has 1 aliphatic rings. The molecule has 1 aliphatic heterocycles. The van der Waals surface area contributed by atoms with Crippen LogP contribution in [-0.2, 0) is 41.6 Å². The number of phenolic OH excluding ortho intramolecular Hbond substituents is 1. The number of carboxylic acids is 1. The molecule has 4 rings (SSSR count). The van der Waals surface area contributed by atoms with E-state index in [1.54, 1.807) is 63.2 Å². The number of fused-ring (bicyclic) bond motifs is 1. The topological polar surface area (TPSA) is 203 Å². The fraction of sp³-hybridized carbons (Fsp3) is 0.400. The van der Waals surface area contributed by atoms with E-state index >= 15 is 0 Å². The van der Waals surface area contributed by atoms with E-state index in [1.807, 2.05) is 24.3 Å². The van der Waals surface area contributed by atoms with Gasteiger partial charge in [-0.1, -0.05) is 81.4 Å². The second kappa shape index (κ2) is 19.2. The van der Waals surface area contributed by atoms with Crippen molar-refractivity contribution in [1.82, 2.24) is 21.3 Å². The lowest BCUT2D eigenvalue weighted by molar-refractivity contribution is -0.138. The first-order chi connectivity index (χ1) is 25.3. The molecule has 0 saturated heterocycles. The molecule has 0 bridgehead atoms. The fourth-order valence-electron chi connectivity index (χ4n) is 6.26. The van der Waals surface area contributed by atoms with Crippen LogP contribution < -0.4 is 26.6 Å².